The van der Waals surface area contributed by atoms with Gasteiger partial charge in [-0.3, -0.25) is 4.79 Å². The molecule has 0 amide bonds. The minimum absolute atomic E-state index is 0.0473. The molecule has 0 unspecified atom stereocenters. The van der Waals surface area contributed by atoms with Crippen LogP contribution in [0.3, 0.4) is 0 Å². The van der Waals surface area contributed by atoms with E-state index in [-0.39, 0.29) is 11.5 Å². The van der Waals surface area contributed by atoms with Gasteiger partial charge in [-0.05, 0) is 36.2 Å². The summed E-state index contributed by atoms with van der Waals surface area (Å²) < 4.78 is 6.59. The van der Waals surface area contributed by atoms with E-state index in [9.17, 15) is 4.79 Å². The number of thioether (sulfide) groups is 1. The second kappa shape index (κ2) is 7.77. The number of nitrogens with zero attached hydrogens (tertiary/aromatic N) is 2. The molecule has 24 heavy (non-hydrogen) atoms. The molecule has 0 bridgehead atoms. The van der Waals surface area contributed by atoms with E-state index in [4.69, 9.17) is 4.42 Å². The fourth-order valence-corrected chi connectivity index (χ4v) is 3.04. The number of aromatic nitrogens is 2. The third-order valence-corrected chi connectivity index (χ3v) is 4.86. The van der Waals surface area contributed by atoms with E-state index in [1.54, 1.807) is 0 Å². The molecular formula is C18H15BrN2O2S. The second-order valence-electron chi connectivity index (χ2n) is 5.14. The van der Waals surface area contributed by atoms with E-state index >= 15 is 0 Å². The Morgan fingerprint density at radius 2 is 1.79 bits per heavy atom. The molecule has 3 aromatic rings. The number of hydrogen-bond acceptors (Lipinski definition) is 5. The van der Waals surface area contributed by atoms with Crippen LogP contribution in [-0.2, 0) is 6.42 Å². The molecule has 0 saturated heterocycles. The van der Waals surface area contributed by atoms with E-state index < -0.39 is 0 Å². The zero-order chi connectivity index (χ0) is 16.9. The average molecular weight is 403 g/mol. The van der Waals surface area contributed by atoms with Gasteiger partial charge in [0.15, 0.2) is 5.78 Å². The number of rotatable bonds is 6. The molecule has 122 valence electrons. The average Bonchev–Trinajstić information content (AvgIpc) is 3.09. The summed E-state index contributed by atoms with van der Waals surface area (Å²) in [7, 11) is 0. The molecular weight excluding hydrogens is 388 g/mol. The highest BCUT2D eigenvalue weighted by atomic mass is 79.9. The van der Waals surface area contributed by atoms with Gasteiger partial charge in [0.1, 0.15) is 0 Å². The van der Waals surface area contributed by atoms with Gasteiger partial charge in [-0.15, -0.1) is 10.2 Å². The molecule has 0 aliphatic carbocycles. The first-order valence-electron chi connectivity index (χ1n) is 7.50. The van der Waals surface area contributed by atoms with Gasteiger partial charge in [0.25, 0.3) is 5.22 Å². The van der Waals surface area contributed by atoms with Gasteiger partial charge in [-0.25, -0.2) is 0 Å². The molecule has 0 atom stereocenters. The largest absolute Gasteiger partial charge is 0.411 e. The number of hydrogen-bond donors (Lipinski definition) is 0. The van der Waals surface area contributed by atoms with Gasteiger partial charge in [-0.1, -0.05) is 58.9 Å². The van der Waals surface area contributed by atoms with Crippen molar-refractivity contribution in [1.29, 1.82) is 0 Å². The Hall–Kier alpha value is -1.92. The molecule has 0 aliphatic heterocycles. The number of carbonyl (C=O) groups is 1. The first-order valence-corrected chi connectivity index (χ1v) is 9.28. The third kappa shape index (κ3) is 4.13. The van der Waals surface area contributed by atoms with E-state index in [2.05, 4.69) is 33.1 Å². The Balaban J connectivity index is 1.62. The van der Waals surface area contributed by atoms with Gasteiger partial charge in [-0.2, -0.15) is 0 Å². The topological polar surface area (TPSA) is 56.0 Å². The van der Waals surface area contributed by atoms with Crippen molar-refractivity contribution >= 4 is 33.5 Å². The second-order valence-corrected chi connectivity index (χ2v) is 6.98. The van der Waals surface area contributed by atoms with Crippen LogP contribution < -0.4 is 0 Å². The van der Waals surface area contributed by atoms with Crippen LogP contribution in [-0.4, -0.2) is 21.7 Å². The number of benzene rings is 2. The Kier molecular flexibility index (Phi) is 5.48. The summed E-state index contributed by atoms with van der Waals surface area (Å²) in [6.07, 6.45) is 0.962. The molecule has 0 spiro atoms. The summed E-state index contributed by atoms with van der Waals surface area (Å²) in [4.78, 5) is 12.2. The highest BCUT2D eigenvalue weighted by Gasteiger charge is 2.12. The standard InChI is InChI=1S/C18H15BrN2O2S/c1-2-12-3-5-13(6-4-12)16(22)11-24-18-21-20-17(23-18)14-7-9-15(19)10-8-14/h3-10H,2,11H2,1H3. The molecule has 1 aromatic heterocycles. The number of halogens is 1. The van der Waals surface area contributed by atoms with Crippen LogP contribution >= 0.6 is 27.7 Å². The van der Waals surface area contributed by atoms with E-state index in [0.717, 1.165) is 16.5 Å². The molecule has 0 aliphatic rings. The SMILES string of the molecule is CCc1ccc(C(=O)CSc2nnc(-c3ccc(Br)cc3)o2)cc1. The lowest BCUT2D eigenvalue weighted by Gasteiger charge is -2.01. The van der Waals surface area contributed by atoms with E-state index in [1.807, 2.05) is 48.5 Å². The van der Waals surface area contributed by atoms with Crippen molar-refractivity contribution in [2.45, 2.75) is 18.6 Å². The van der Waals surface area contributed by atoms with Gasteiger partial charge >= 0.3 is 0 Å². The number of carbonyl (C=O) groups excluding carboxylic acids is 1. The third-order valence-electron chi connectivity index (χ3n) is 3.51. The van der Waals surface area contributed by atoms with Crippen LogP contribution in [0.25, 0.3) is 11.5 Å². The van der Waals surface area contributed by atoms with Crippen LogP contribution in [0.15, 0.2) is 62.6 Å². The van der Waals surface area contributed by atoms with Crippen molar-refractivity contribution in [2.24, 2.45) is 0 Å². The molecule has 3 rings (SSSR count). The van der Waals surface area contributed by atoms with Crippen molar-refractivity contribution in [3.63, 3.8) is 0 Å². The van der Waals surface area contributed by atoms with Crippen LogP contribution in [0.2, 0.25) is 0 Å². The Labute approximate surface area is 152 Å². The van der Waals surface area contributed by atoms with Crippen molar-refractivity contribution in [3.05, 3.63) is 64.1 Å². The van der Waals surface area contributed by atoms with Crippen LogP contribution in [0.4, 0.5) is 0 Å². The maximum Gasteiger partial charge on any atom is 0.277 e. The van der Waals surface area contributed by atoms with E-state index in [1.165, 1.54) is 17.3 Å². The summed E-state index contributed by atoms with van der Waals surface area (Å²) in [5.74, 6) is 0.767. The molecule has 1 heterocycles. The van der Waals surface area contributed by atoms with Gasteiger partial charge < -0.3 is 4.42 Å². The lowest BCUT2D eigenvalue weighted by atomic mass is 10.1. The summed E-state index contributed by atoms with van der Waals surface area (Å²) in [6.45, 7) is 2.09. The first kappa shape index (κ1) is 16.9. The lowest BCUT2D eigenvalue weighted by Crippen LogP contribution is -2.02. The number of ketones is 1. The summed E-state index contributed by atoms with van der Waals surface area (Å²) in [6, 6.07) is 15.3. The molecule has 4 nitrogen and oxygen atoms in total. The van der Waals surface area contributed by atoms with Crippen molar-refractivity contribution in [1.82, 2.24) is 10.2 Å². The summed E-state index contributed by atoms with van der Waals surface area (Å²) >= 11 is 4.64. The molecule has 6 heteroatoms. The van der Waals surface area contributed by atoms with Gasteiger partial charge in [0.05, 0.1) is 5.75 Å². The quantitative estimate of drug-likeness (QED) is 0.427. The first-order chi connectivity index (χ1) is 11.7. The molecule has 0 fully saturated rings. The van der Waals surface area contributed by atoms with Crippen LogP contribution in [0.5, 0.6) is 0 Å². The zero-order valence-electron chi connectivity index (χ0n) is 13.0. The van der Waals surface area contributed by atoms with Crippen LogP contribution in [0, 0.1) is 0 Å². The van der Waals surface area contributed by atoms with E-state index in [0.29, 0.717) is 16.7 Å². The Morgan fingerprint density at radius 3 is 2.46 bits per heavy atom. The van der Waals surface area contributed by atoms with Crippen molar-refractivity contribution in [3.8, 4) is 11.5 Å². The van der Waals surface area contributed by atoms with Crippen molar-refractivity contribution < 1.29 is 9.21 Å². The monoisotopic (exact) mass is 402 g/mol. The number of Topliss-reactive ketones (excluding diaryl/α,β-unsaturated/α-hetero) is 1. The normalized spacial score (nSPS) is 10.8. The Bertz CT molecular complexity index is 829. The fourth-order valence-electron chi connectivity index (χ4n) is 2.11. The van der Waals surface area contributed by atoms with Crippen molar-refractivity contribution in [2.75, 3.05) is 5.75 Å². The number of aryl methyl sites for hydroxylation is 1. The maximum absolute atomic E-state index is 12.2. The highest BCUT2D eigenvalue weighted by molar-refractivity contribution is 9.10. The molecule has 2 aromatic carbocycles. The minimum Gasteiger partial charge on any atom is -0.411 e. The maximum atomic E-state index is 12.2. The molecule has 0 radical (unpaired) electrons. The summed E-state index contributed by atoms with van der Waals surface area (Å²) in [5.41, 5.74) is 2.77. The van der Waals surface area contributed by atoms with Gasteiger partial charge in [0.2, 0.25) is 5.89 Å². The fraction of sp³-hybridized carbons (Fsp3) is 0.167. The lowest BCUT2D eigenvalue weighted by molar-refractivity contribution is 0.102. The molecule has 0 saturated carbocycles. The smallest absolute Gasteiger partial charge is 0.277 e. The van der Waals surface area contributed by atoms with Crippen LogP contribution in [0.1, 0.15) is 22.8 Å². The van der Waals surface area contributed by atoms with Gasteiger partial charge in [0, 0.05) is 15.6 Å². The molecule has 0 N–H and O–H groups in total. The minimum atomic E-state index is 0.0473. The zero-order valence-corrected chi connectivity index (χ0v) is 15.4. The predicted octanol–water partition coefficient (Wildman–Crippen LogP) is 5.04. The summed E-state index contributed by atoms with van der Waals surface area (Å²) in [5, 5.41) is 8.41. The highest BCUT2D eigenvalue weighted by Crippen LogP contribution is 2.25. The predicted molar refractivity (Wildman–Crippen MR) is 98.3 cm³/mol. The Morgan fingerprint density at radius 1 is 1.08 bits per heavy atom.